The van der Waals surface area contributed by atoms with E-state index in [0.717, 1.165) is 24.2 Å². The lowest BCUT2D eigenvalue weighted by Gasteiger charge is -2.28. The van der Waals surface area contributed by atoms with E-state index in [1.165, 1.54) is 11.1 Å². The van der Waals surface area contributed by atoms with Gasteiger partial charge in [0.1, 0.15) is 0 Å². The molecule has 0 aliphatic rings. The summed E-state index contributed by atoms with van der Waals surface area (Å²) >= 11 is 0. The second-order valence-corrected chi connectivity index (χ2v) is 6.09. The van der Waals surface area contributed by atoms with Gasteiger partial charge in [-0.3, -0.25) is 0 Å². The van der Waals surface area contributed by atoms with Gasteiger partial charge in [-0.2, -0.15) is 0 Å². The quantitative estimate of drug-likeness (QED) is 0.789. The number of hydrogen-bond donors (Lipinski definition) is 2. The van der Waals surface area contributed by atoms with Crippen LogP contribution in [0.3, 0.4) is 0 Å². The van der Waals surface area contributed by atoms with Crippen molar-refractivity contribution in [2.75, 3.05) is 11.1 Å². The molecule has 0 aliphatic carbocycles. The maximum Gasteiger partial charge on any atom is 0.0578 e. The van der Waals surface area contributed by atoms with E-state index in [4.69, 9.17) is 5.73 Å². The van der Waals surface area contributed by atoms with E-state index in [1.54, 1.807) is 0 Å². The minimum Gasteiger partial charge on any atom is -0.397 e. The van der Waals surface area contributed by atoms with Crippen molar-refractivity contribution in [2.24, 2.45) is 0 Å². The van der Waals surface area contributed by atoms with Crippen molar-refractivity contribution in [2.45, 2.75) is 39.2 Å². The molecule has 2 nitrogen and oxygen atoms in total. The summed E-state index contributed by atoms with van der Waals surface area (Å²) in [5, 5.41) is 3.56. The van der Waals surface area contributed by atoms with Crippen molar-refractivity contribution in [1.82, 2.24) is 0 Å². The average Bonchev–Trinajstić information content (AvgIpc) is 2.41. The normalized spacial score (nSPS) is 11.3. The van der Waals surface area contributed by atoms with Gasteiger partial charge in [-0.1, -0.05) is 36.4 Å². The minimum absolute atomic E-state index is 0.0131. The molecule has 0 atom stereocenters. The minimum atomic E-state index is 0.0131. The Kier molecular flexibility index (Phi) is 4.33. The second kappa shape index (κ2) is 6.00. The molecule has 0 bridgehead atoms. The molecule has 0 aromatic heterocycles. The first-order valence-corrected chi connectivity index (χ1v) is 7.14. The predicted molar refractivity (Wildman–Crippen MR) is 88.1 cm³/mol. The van der Waals surface area contributed by atoms with E-state index in [9.17, 15) is 0 Å². The van der Waals surface area contributed by atoms with Gasteiger partial charge >= 0.3 is 0 Å². The topological polar surface area (TPSA) is 38.0 Å². The summed E-state index contributed by atoms with van der Waals surface area (Å²) in [6.07, 6.45) is 2.12. The highest BCUT2D eigenvalue weighted by Crippen LogP contribution is 2.25. The van der Waals surface area contributed by atoms with E-state index >= 15 is 0 Å². The first kappa shape index (κ1) is 14.4. The van der Waals surface area contributed by atoms with Crippen LogP contribution in [-0.2, 0) is 6.42 Å². The lowest BCUT2D eigenvalue weighted by molar-refractivity contribution is 0.519. The fourth-order valence-electron chi connectivity index (χ4n) is 2.32. The summed E-state index contributed by atoms with van der Waals surface area (Å²) < 4.78 is 0. The van der Waals surface area contributed by atoms with Gasteiger partial charge in [-0.25, -0.2) is 0 Å². The fourth-order valence-corrected chi connectivity index (χ4v) is 2.32. The number of nitrogen functional groups attached to an aromatic ring is 1. The number of benzene rings is 2. The monoisotopic (exact) mass is 268 g/mol. The number of anilines is 2. The Hall–Kier alpha value is -1.96. The van der Waals surface area contributed by atoms with Crippen LogP contribution in [0.5, 0.6) is 0 Å². The van der Waals surface area contributed by atoms with Crippen LogP contribution in [0.1, 0.15) is 31.4 Å². The zero-order chi connectivity index (χ0) is 14.6. The highest BCUT2D eigenvalue weighted by molar-refractivity contribution is 5.67. The van der Waals surface area contributed by atoms with Crippen LogP contribution < -0.4 is 11.1 Å². The number of rotatable bonds is 5. The lowest BCUT2D eigenvalue weighted by Crippen LogP contribution is -2.31. The van der Waals surface area contributed by atoms with Gasteiger partial charge < -0.3 is 11.1 Å². The zero-order valence-electron chi connectivity index (χ0n) is 12.6. The molecular weight excluding hydrogens is 244 g/mol. The number of hydrogen-bond acceptors (Lipinski definition) is 2. The third-order valence-electron chi connectivity index (χ3n) is 3.56. The Balaban J connectivity index is 2.00. The van der Waals surface area contributed by atoms with E-state index in [1.807, 2.05) is 6.07 Å². The van der Waals surface area contributed by atoms with Gasteiger partial charge in [0, 0.05) is 5.54 Å². The molecule has 0 amide bonds. The molecular formula is C18H24N2. The summed E-state index contributed by atoms with van der Waals surface area (Å²) in [5.41, 5.74) is 10.5. The zero-order valence-corrected chi connectivity index (χ0v) is 12.6. The van der Waals surface area contributed by atoms with E-state index in [2.05, 4.69) is 68.6 Å². The Bertz CT molecular complexity index is 559. The first-order chi connectivity index (χ1) is 9.46. The fraction of sp³-hybridized carbons (Fsp3) is 0.333. The van der Waals surface area contributed by atoms with Gasteiger partial charge in [0.05, 0.1) is 11.4 Å². The second-order valence-electron chi connectivity index (χ2n) is 6.09. The Morgan fingerprint density at radius 2 is 1.75 bits per heavy atom. The van der Waals surface area contributed by atoms with Crippen LogP contribution in [0, 0.1) is 6.92 Å². The Morgan fingerprint density at radius 1 is 1.05 bits per heavy atom. The number of aryl methyl sites for hydroxylation is 2. The van der Waals surface area contributed by atoms with Crippen molar-refractivity contribution < 1.29 is 0 Å². The SMILES string of the molecule is Cc1ccc(NC(C)(C)CCc2ccccc2)c(N)c1. The molecule has 2 aromatic carbocycles. The summed E-state index contributed by atoms with van der Waals surface area (Å²) in [6, 6.07) is 16.8. The molecule has 20 heavy (non-hydrogen) atoms. The Labute approximate surface area is 122 Å². The smallest absolute Gasteiger partial charge is 0.0578 e. The van der Waals surface area contributed by atoms with Gasteiger partial charge in [-0.05, 0) is 56.9 Å². The summed E-state index contributed by atoms with van der Waals surface area (Å²) in [4.78, 5) is 0. The van der Waals surface area contributed by atoms with Crippen molar-refractivity contribution >= 4 is 11.4 Å². The van der Waals surface area contributed by atoms with E-state index in [-0.39, 0.29) is 5.54 Å². The molecule has 3 N–H and O–H groups in total. The van der Waals surface area contributed by atoms with Crippen LogP contribution in [0.4, 0.5) is 11.4 Å². The molecule has 0 saturated carbocycles. The van der Waals surface area contributed by atoms with Crippen molar-refractivity contribution in [3.05, 3.63) is 59.7 Å². The molecule has 0 spiro atoms. The molecule has 0 fully saturated rings. The van der Waals surface area contributed by atoms with Crippen LogP contribution in [-0.4, -0.2) is 5.54 Å². The summed E-state index contributed by atoms with van der Waals surface area (Å²) in [7, 11) is 0. The van der Waals surface area contributed by atoms with Crippen molar-refractivity contribution in [3.63, 3.8) is 0 Å². The van der Waals surface area contributed by atoms with Gasteiger partial charge in [0.2, 0.25) is 0 Å². The molecule has 0 aliphatic heterocycles. The molecule has 0 unspecified atom stereocenters. The lowest BCUT2D eigenvalue weighted by atomic mass is 9.94. The van der Waals surface area contributed by atoms with Crippen LogP contribution in [0.15, 0.2) is 48.5 Å². The summed E-state index contributed by atoms with van der Waals surface area (Å²) in [6.45, 7) is 6.49. The molecule has 0 radical (unpaired) electrons. The molecule has 0 saturated heterocycles. The van der Waals surface area contributed by atoms with E-state index < -0.39 is 0 Å². The largest absolute Gasteiger partial charge is 0.397 e. The average molecular weight is 268 g/mol. The molecule has 0 heterocycles. The number of nitrogens with two attached hydrogens (primary N) is 1. The van der Waals surface area contributed by atoms with Crippen LogP contribution in [0.2, 0.25) is 0 Å². The van der Waals surface area contributed by atoms with E-state index in [0.29, 0.717) is 0 Å². The standard InChI is InChI=1S/C18H24N2/c1-14-9-10-17(16(19)13-14)20-18(2,3)12-11-15-7-5-4-6-8-15/h4-10,13,20H,11-12,19H2,1-3H3. The van der Waals surface area contributed by atoms with Crippen LogP contribution >= 0.6 is 0 Å². The maximum absolute atomic E-state index is 6.07. The number of nitrogens with one attached hydrogen (secondary N) is 1. The van der Waals surface area contributed by atoms with Crippen molar-refractivity contribution in [1.29, 1.82) is 0 Å². The third kappa shape index (κ3) is 4.02. The molecule has 2 aromatic rings. The highest BCUT2D eigenvalue weighted by atomic mass is 15.0. The van der Waals surface area contributed by atoms with Gasteiger partial charge in [0.25, 0.3) is 0 Å². The Morgan fingerprint density at radius 3 is 2.40 bits per heavy atom. The molecule has 2 rings (SSSR count). The predicted octanol–water partition coefficient (Wildman–Crippen LogP) is 4.40. The van der Waals surface area contributed by atoms with Gasteiger partial charge in [-0.15, -0.1) is 0 Å². The van der Waals surface area contributed by atoms with Gasteiger partial charge in [0.15, 0.2) is 0 Å². The summed E-state index contributed by atoms with van der Waals surface area (Å²) in [5.74, 6) is 0. The maximum atomic E-state index is 6.07. The molecule has 2 heteroatoms. The van der Waals surface area contributed by atoms with Crippen molar-refractivity contribution in [3.8, 4) is 0 Å². The molecule has 106 valence electrons. The third-order valence-corrected chi connectivity index (χ3v) is 3.56. The first-order valence-electron chi connectivity index (χ1n) is 7.14. The highest BCUT2D eigenvalue weighted by Gasteiger charge is 2.18. The van der Waals surface area contributed by atoms with Crippen LogP contribution in [0.25, 0.3) is 0 Å².